The van der Waals surface area contributed by atoms with Crippen molar-refractivity contribution in [3.63, 3.8) is 0 Å². The van der Waals surface area contributed by atoms with Gasteiger partial charge in [-0.25, -0.2) is 0 Å². The first-order valence-corrected chi connectivity index (χ1v) is 8.18. The summed E-state index contributed by atoms with van der Waals surface area (Å²) in [5.41, 5.74) is 6.80. The maximum Gasteiger partial charge on any atom is 0.255 e. The Kier molecular flexibility index (Phi) is 3.71. The van der Waals surface area contributed by atoms with E-state index in [0.29, 0.717) is 12.1 Å². The lowest BCUT2D eigenvalue weighted by atomic mass is 9.97. The average molecular weight is 388 g/mol. The van der Waals surface area contributed by atoms with Crippen molar-refractivity contribution in [1.82, 2.24) is 4.90 Å². The largest absolute Gasteiger partial charge is 0.333 e. The number of nitrogens with zero attached hydrogens (tertiary/aromatic N) is 1. The van der Waals surface area contributed by atoms with E-state index >= 15 is 0 Å². The Morgan fingerprint density at radius 2 is 1.84 bits per heavy atom. The van der Waals surface area contributed by atoms with Crippen LogP contribution in [0.3, 0.4) is 0 Å². The molecule has 19 heavy (non-hydrogen) atoms. The van der Waals surface area contributed by atoms with E-state index in [1.54, 1.807) is 0 Å². The predicted molar refractivity (Wildman–Crippen MR) is 82.0 cm³/mol. The van der Waals surface area contributed by atoms with Gasteiger partial charge in [-0.1, -0.05) is 15.9 Å². The van der Waals surface area contributed by atoms with Crippen molar-refractivity contribution in [3.8, 4) is 0 Å². The maximum atomic E-state index is 12.7. The highest BCUT2D eigenvalue weighted by atomic mass is 79.9. The Morgan fingerprint density at radius 3 is 2.42 bits per heavy atom. The van der Waals surface area contributed by atoms with Crippen LogP contribution in [0.1, 0.15) is 36.0 Å². The summed E-state index contributed by atoms with van der Waals surface area (Å²) in [6.45, 7) is 0. The van der Waals surface area contributed by atoms with E-state index < -0.39 is 0 Å². The lowest BCUT2D eigenvalue weighted by Gasteiger charge is -2.38. The fourth-order valence-corrected chi connectivity index (χ4v) is 4.57. The number of hydrogen-bond acceptors (Lipinski definition) is 2. The third-order valence-electron chi connectivity index (χ3n) is 4.17. The number of carbonyl (C=O) groups is 1. The lowest BCUT2D eigenvalue weighted by molar-refractivity contribution is 0.0574. The van der Waals surface area contributed by atoms with Crippen molar-refractivity contribution >= 4 is 37.8 Å². The molecule has 3 nitrogen and oxygen atoms in total. The van der Waals surface area contributed by atoms with Gasteiger partial charge in [-0.2, -0.15) is 0 Å². The van der Waals surface area contributed by atoms with Crippen LogP contribution in [0.15, 0.2) is 27.1 Å². The second kappa shape index (κ2) is 5.19. The van der Waals surface area contributed by atoms with Crippen molar-refractivity contribution < 1.29 is 4.79 Å². The van der Waals surface area contributed by atoms with Gasteiger partial charge in [-0.15, -0.1) is 0 Å². The molecule has 0 saturated carbocycles. The molecule has 2 bridgehead atoms. The Bertz CT molecular complexity index is 506. The lowest BCUT2D eigenvalue weighted by Crippen LogP contribution is -2.50. The van der Waals surface area contributed by atoms with Crippen LogP contribution >= 0.6 is 31.9 Å². The zero-order valence-electron chi connectivity index (χ0n) is 10.5. The number of amides is 1. The van der Waals surface area contributed by atoms with Crippen molar-refractivity contribution in [2.24, 2.45) is 5.73 Å². The number of halogens is 2. The molecule has 0 spiro atoms. The van der Waals surface area contributed by atoms with Crippen LogP contribution in [0.25, 0.3) is 0 Å². The second-order valence-corrected chi connectivity index (χ2v) is 7.22. The van der Waals surface area contributed by atoms with E-state index in [4.69, 9.17) is 5.73 Å². The van der Waals surface area contributed by atoms with Crippen LogP contribution < -0.4 is 5.73 Å². The molecule has 2 atom stereocenters. The summed E-state index contributed by atoms with van der Waals surface area (Å²) in [6, 6.07) is 6.63. The first-order chi connectivity index (χ1) is 9.06. The highest BCUT2D eigenvalue weighted by Gasteiger charge is 2.42. The summed E-state index contributed by atoms with van der Waals surface area (Å²) < 4.78 is 1.82. The summed E-state index contributed by atoms with van der Waals surface area (Å²) in [4.78, 5) is 14.8. The van der Waals surface area contributed by atoms with Gasteiger partial charge in [0.15, 0.2) is 0 Å². The zero-order valence-corrected chi connectivity index (χ0v) is 13.7. The second-order valence-electron chi connectivity index (χ2n) is 5.45. The van der Waals surface area contributed by atoms with Crippen LogP contribution in [0.5, 0.6) is 0 Å². The van der Waals surface area contributed by atoms with Crippen LogP contribution in [-0.2, 0) is 0 Å². The van der Waals surface area contributed by atoms with Gasteiger partial charge in [-0.3, -0.25) is 4.79 Å². The summed E-state index contributed by atoms with van der Waals surface area (Å²) in [6.07, 6.45) is 4.07. The van der Waals surface area contributed by atoms with E-state index in [9.17, 15) is 4.79 Å². The van der Waals surface area contributed by atoms with Gasteiger partial charge in [0.25, 0.3) is 5.91 Å². The van der Waals surface area contributed by atoms with Gasteiger partial charge in [-0.05, 0) is 59.8 Å². The molecule has 2 N–H and O–H groups in total. The van der Waals surface area contributed by atoms with Crippen molar-refractivity contribution in [2.75, 3.05) is 0 Å². The highest BCUT2D eigenvalue weighted by molar-refractivity contribution is 9.11. The minimum absolute atomic E-state index is 0.138. The molecule has 2 saturated heterocycles. The Labute approximate surface area is 129 Å². The molecule has 2 unspecified atom stereocenters. The third-order valence-corrected chi connectivity index (χ3v) is 5.31. The molecular weight excluding hydrogens is 372 g/mol. The number of carbonyl (C=O) groups excluding carboxylic acids is 1. The molecule has 2 fully saturated rings. The summed E-state index contributed by atoms with van der Waals surface area (Å²) in [5.74, 6) is 0.138. The quantitative estimate of drug-likeness (QED) is 0.803. The third kappa shape index (κ3) is 2.48. The van der Waals surface area contributed by atoms with Gasteiger partial charge in [0.1, 0.15) is 0 Å². The predicted octanol–water partition coefficient (Wildman–Crippen LogP) is 3.31. The van der Waals surface area contributed by atoms with Gasteiger partial charge >= 0.3 is 0 Å². The van der Waals surface area contributed by atoms with E-state index in [-0.39, 0.29) is 11.9 Å². The summed E-state index contributed by atoms with van der Waals surface area (Å²) in [7, 11) is 0. The number of benzene rings is 1. The van der Waals surface area contributed by atoms with Gasteiger partial charge in [0.05, 0.1) is 5.56 Å². The molecule has 2 aliphatic rings. The maximum absolute atomic E-state index is 12.7. The molecule has 0 aliphatic carbocycles. The van der Waals surface area contributed by atoms with E-state index in [2.05, 4.69) is 36.8 Å². The Hall–Kier alpha value is -0.390. The fourth-order valence-electron chi connectivity index (χ4n) is 3.35. The molecule has 0 radical (unpaired) electrons. The van der Waals surface area contributed by atoms with Gasteiger partial charge in [0.2, 0.25) is 0 Å². The van der Waals surface area contributed by atoms with Crippen LogP contribution in [0.4, 0.5) is 0 Å². The van der Waals surface area contributed by atoms with Crippen molar-refractivity contribution in [2.45, 2.75) is 43.8 Å². The van der Waals surface area contributed by atoms with Crippen LogP contribution in [0.2, 0.25) is 0 Å². The number of nitrogens with two attached hydrogens (primary N) is 1. The first-order valence-electron chi connectivity index (χ1n) is 6.59. The van der Waals surface area contributed by atoms with Crippen LogP contribution in [0, 0.1) is 0 Å². The molecular formula is C14H16Br2N2O. The molecule has 1 aromatic carbocycles. The smallest absolute Gasteiger partial charge is 0.255 e. The topological polar surface area (TPSA) is 46.3 Å². The molecule has 0 aromatic heterocycles. The molecule has 1 amide bonds. The fraction of sp³-hybridized carbons (Fsp3) is 0.500. The number of rotatable bonds is 1. The van der Waals surface area contributed by atoms with E-state index in [0.717, 1.165) is 40.2 Å². The summed E-state index contributed by atoms with van der Waals surface area (Å²) >= 11 is 6.90. The summed E-state index contributed by atoms with van der Waals surface area (Å²) in [5, 5.41) is 0. The normalized spacial score (nSPS) is 29.6. The standard InChI is InChI=1S/C14H16Br2N2O/c15-8-1-4-12(13(16)5-8)14(19)18-10-2-3-11(18)7-9(17)6-10/h1,4-5,9-11H,2-3,6-7,17H2. The Morgan fingerprint density at radius 1 is 1.21 bits per heavy atom. The van der Waals surface area contributed by atoms with Gasteiger partial charge in [0, 0.05) is 27.1 Å². The van der Waals surface area contributed by atoms with Crippen molar-refractivity contribution in [3.05, 3.63) is 32.7 Å². The number of piperidine rings is 1. The van der Waals surface area contributed by atoms with E-state index in [1.165, 1.54) is 0 Å². The van der Waals surface area contributed by atoms with E-state index in [1.807, 2.05) is 18.2 Å². The molecule has 2 heterocycles. The Balaban J connectivity index is 1.88. The average Bonchev–Trinajstić information content (AvgIpc) is 2.61. The molecule has 3 rings (SSSR count). The van der Waals surface area contributed by atoms with Gasteiger partial charge < -0.3 is 10.6 Å². The molecule has 2 aliphatic heterocycles. The molecule has 1 aromatic rings. The zero-order chi connectivity index (χ0) is 13.6. The number of hydrogen-bond donors (Lipinski definition) is 1. The molecule has 5 heteroatoms. The minimum Gasteiger partial charge on any atom is -0.333 e. The first kappa shape index (κ1) is 13.6. The van der Waals surface area contributed by atoms with Crippen LogP contribution in [-0.4, -0.2) is 28.9 Å². The SMILES string of the molecule is NC1CC2CCC(C1)N2C(=O)c1ccc(Br)cc1Br. The minimum atomic E-state index is 0.138. The monoisotopic (exact) mass is 386 g/mol. The van der Waals surface area contributed by atoms with Crippen molar-refractivity contribution in [1.29, 1.82) is 0 Å². The number of fused-ring (bicyclic) bond motifs is 2. The highest BCUT2D eigenvalue weighted by Crippen LogP contribution is 2.37. The molecule has 102 valence electrons.